The number of nitrogens with one attached hydrogen (secondary N) is 1. The molecule has 1 aliphatic carbocycles. The first kappa shape index (κ1) is 11.1. The second-order valence-electron chi connectivity index (χ2n) is 4.47. The fraction of sp³-hybridized carbons (Fsp3) is 0.889. The van der Waals surface area contributed by atoms with E-state index in [1.165, 1.54) is 0 Å². The quantitative estimate of drug-likeness (QED) is 0.596. The lowest BCUT2D eigenvalue weighted by atomic mass is 9.96. The summed E-state index contributed by atoms with van der Waals surface area (Å²) in [6.45, 7) is 5.82. The van der Waals surface area contributed by atoms with Crippen molar-refractivity contribution in [3.8, 4) is 0 Å². The highest BCUT2D eigenvalue weighted by atomic mass is 127. The van der Waals surface area contributed by atoms with Gasteiger partial charge in [0.2, 0.25) is 0 Å². The van der Waals surface area contributed by atoms with Gasteiger partial charge in [0.05, 0.1) is 0 Å². The first-order valence-electron chi connectivity index (χ1n) is 4.50. The average Bonchev–Trinajstić information content (AvgIpc) is 1.79. The molecule has 1 rings (SSSR count). The summed E-state index contributed by atoms with van der Waals surface area (Å²) >= 11 is 2.37. The highest BCUT2D eigenvalue weighted by Crippen LogP contribution is 2.30. The Bertz CT molecular complexity index is 194. The van der Waals surface area contributed by atoms with Crippen LogP contribution in [0.1, 0.15) is 33.6 Å². The van der Waals surface area contributed by atoms with Crippen molar-refractivity contribution < 1.29 is 9.53 Å². The Balaban J connectivity index is 2.19. The number of halogens is 1. The van der Waals surface area contributed by atoms with Crippen LogP contribution < -0.4 is 5.32 Å². The van der Waals surface area contributed by atoms with Crippen LogP contribution in [-0.4, -0.2) is 21.7 Å². The zero-order chi connectivity index (χ0) is 10.1. The Morgan fingerprint density at radius 1 is 1.46 bits per heavy atom. The van der Waals surface area contributed by atoms with Gasteiger partial charge in [-0.1, -0.05) is 22.6 Å². The van der Waals surface area contributed by atoms with Gasteiger partial charge in [0.15, 0.2) is 0 Å². The van der Waals surface area contributed by atoms with Gasteiger partial charge < -0.3 is 10.1 Å². The van der Waals surface area contributed by atoms with Gasteiger partial charge in [-0.2, -0.15) is 0 Å². The van der Waals surface area contributed by atoms with Crippen LogP contribution >= 0.6 is 22.6 Å². The molecular weight excluding hydrogens is 281 g/mol. The molecule has 0 radical (unpaired) electrons. The van der Waals surface area contributed by atoms with E-state index >= 15 is 0 Å². The van der Waals surface area contributed by atoms with E-state index in [9.17, 15) is 4.79 Å². The van der Waals surface area contributed by atoms with Crippen molar-refractivity contribution in [3.63, 3.8) is 0 Å². The van der Waals surface area contributed by atoms with Crippen molar-refractivity contribution in [2.45, 2.75) is 49.2 Å². The van der Waals surface area contributed by atoms with Gasteiger partial charge in [0.25, 0.3) is 0 Å². The van der Waals surface area contributed by atoms with Crippen molar-refractivity contribution in [3.05, 3.63) is 0 Å². The molecule has 0 spiro atoms. The molecule has 76 valence electrons. The summed E-state index contributed by atoms with van der Waals surface area (Å²) in [5.74, 6) is 0. The SMILES string of the molecule is CC(C)(C)NC(=O)OC1CC(I)C1. The van der Waals surface area contributed by atoms with Gasteiger partial charge in [-0.05, 0) is 33.6 Å². The molecule has 1 amide bonds. The molecule has 0 unspecified atom stereocenters. The molecule has 0 aromatic heterocycles. The van der Waals surface area contributed by atoms with E-state index < -0.39 is 0 Å². The van der Waals surface area contributed by atoms with Crippen molar-refractivity contribution in [1.82, 2.24) is 5.32 Å². The summed E-state index contributed by atoms with van der Waals surface area (Å²) in [5.41, 5.74) is -0.204. The third kappa shape index (κ3) is 4.15. The number of rotatable bonds is 1. The zero-order valence-corrected chi connectivity index (χ0v) is 10.4. The summed E-state index contributed by atoms with van der Waals surface area (Å²) < 4.78 is 5.86. The third-order valence-corrected chi connectivity index (χ3v) is 2.81. The lowest BCUT2D eigenvalue weighted by molar-refractivity contribution is 0.0543. The number of carbonyl (C=O) groups excluding carboxylic acids is 1. The Hall–Kier alpha value is 0. The normalized spacial score (nSPS) is 27.7. The van der Waals surface area contributed by atoms with Gasteiger partial charge >= 0.3 is 6.09 Å². The Labute approximate surface area is 92.7 Å². The van der Waals surface area contributed by atoms with Crippen molar-refractivity contribution >= 4 is 28.7 Å². The fourth-order valence-corrected chi connectivity index (χ4v) is 2.22. The second-order valence-corrected chi connectivity index (χ2v) is 6.23. The maximum absolute atomic E-state index is 11.2. The van der Waals surface area contributed by atoms with E-state index in [1.54, 1.807) is 0 Å². The topological polar surface area (TPSA) is 38.3 Å². The number of carbonyl (C=O) groups is 1. The second kappa shape index (κ2) is 4.02. The number of alkyl carbamates (subject to hydrolysis) is 1. The number of alkyl halides is 1. The minimum Gasteiger partial charge on any atom is -0.446 e. The maximum atomic E-state index is 11.2. The lowest BCUT2D eigenvalue weighted by Crippen LogP contribution is -2.44. The van der Waals surface area contributed by atoms with Gasteiger partial charge in [-0.25, -0.2) is 4.79 Å². The lowest BCUT2D eigenvalue weighted by Gasteiger charge is -2.31. The van der Waals surface area contributed by atoms with Gasteiger partial charge in [0.1, 0.15) is 6.10 Å². The molecule has 0 aromatic carbocycles. The van der Waals surface area contributed by atoms with E-state index in [2.05, 4.69) is 27.9 Å². The molecule has 0 aliphatic heterocycles. The summed E-state index contributed by atoms with van der Waals surface area (Å²) in [7, 11) is 0. The Kier molecular flexibility index (Phi) is 3.43. The van der Waals surface area contributed by atoms with Crippen LogP contribution in [0.3, 0.4) is 0 Å². The number of hydrogen-bond acceptors (Lipinski definition) is 2. The first-order valence-corrected chi connectivity index (χ1v) is 5.74. The van der Waals surface area contributed by atoms with Crippen molar-refractivity contribution in [2.75, 3.05) is 0 Å². The molecule has 0 heterocycles. The third-order valence-electron chi connectivity index (χ3n) is 1.79. The summed E-state index contributed by atoms with van der Waals surface area (Å²) in [6.07, 6.45) is 1.85. The van der Waals surface area contributed by atoms with Gasteiger partial charge in [-0.3, -0.25) is 0 Å². The zero-order valence-electron chi connectivity index (χ0n) is 8.26. The summed E-state index contributed by atoms with van der Waals surface area (Å²) in [5, 5.41) is 2.77. The summed E-state index contributed by atoms with van der Waals surface area (Å²) in [4.78, 5) is 11.2. The summed E-state index contributed by atoms with van der Waals surface area (Å²) in [6, 6.07) is 0. The van der Waals surface area contributed by atoms with E-state index in [4.69, 9.17) is 4.74 Å². The average molecular weight is 297 g/mol. The number of hydrogen-bond donors (Lipinski definition) is 1. The molecule has 1 aliphatic rings. The minimum atomic E-state index is -0.291. The fourth-order valence-electron chi connectivity index (χ4n) is 1.08. The van der Waals surface area contributed by atoms with E-state index in [1.807, 2.05) is 20.8 Å². The standard InChI is InChI=1S/C9H16INO2/c1-9(2,3)11-8(12)13-7-4-6(10)5-7/h6-7H,4-5H2,1-3H3,(H,11,12). The Morgan fingerprint density at radius 2 is 2.00 bits per heavy atom. The van der Waals surface area contributed by atoms with E-state index in [0.717, 1.165) is 12.8 Å². The predicted molar refractivity (Wildman–Crippen MR) is 60.2 cm³/mol. The minimum absolute atomic E-state index is 0.143. The largest absolute Gasteiger partial charge is 0.446 e. The van der Waals surface area contributed by atoms with Crippen LogP contribution in [0.25, 0.3) is 0 Å². The van der Waals surface area contributed by atoms with Crippen molar-refractivity contribution in [2.24, 2.45) is 0 Å². The van der Waals surface area contributed by atoms with Crippen LogP contribution in [0.2, 0.25) is 0 Å². The molecule has 13 heavy (non-hydrogen) atoms. The van der Waals surface area contributed by atoms with E-state index in [0.29, 0.717) is 3.92 Å². The Morgan fingerprint density at radius 3 is 2.38 bits per heavy atom. The van der Waals surface area contributed by atoms with Gasteiger partial charge in [0, 0.05) is 9.46 Å². The van der Waals surface area contributed by atoms with Crippen LogP contribution in [0.15, 0.2) is 0 Å². The van der Waals surface area contributed by atoms with Crippen LogP contribution in [0, 0.1) is 0 Å². The van der Waals surface area contributed by atoms with Crippen LogP contribution in [-0.2, 0) is 4.74 Å². The highest BCUT2D eigenvalue weighted by molar-refractivity contribution is 14.1. The van der Waals surface area contributed by atoms with Gasteiger partial charge in [-0.15, -0.1) is 0 Å². The smallest absolute Gasteiger partial charge is 0.407 e. The number of ether oxygens (including phenoxy) is 1. The molecular formula is C9H16INO2. The molecule has 0 atom stereocenters. The molecule has 4 heteroatoms. The number of amides is 1. The first-order chi connectivity index (χ1) is 5.87. The molecule has 1 N–H and O–H groups in total. The molecule has 0 saturated heterocycles. The predicted octanol–water partition coefficient (Wildman–Crippen LogP) is 2.48. The van der Waals surface area contributed by atoms with Crippen molar-refractivity contribution in [1.29, 1.82) is 0 Å². The molecule has 0 aromatic rings. The molecule has 0 bridgehead atoms. The molecule has 1 saturated carbocycles. The van der Waals surface area contributed by atoms with Crippen LogP contribution in [0.5, 0.6) is 0 Å². The van der Waals surface area contributed by atoms with E-state index in [-0.39, 0.29) is 17.7 Å². The van der Waals surface area contributed by atoms with Crippen LogP contribution in [0.4, 0.5) is 4.79 Å². The maximum Gasteiger partial charge on any atom is 0.407 e. The molecule has 1 fully saturated rings. The molecule has 3 nitrogen and oxygen atoms in total. The monoisotopic (exact) mass is 297 g/mol. The highest BCUT2D eigenvalue weighted by Gasteiger charge is 2.30.